The summed E-state index contributed by atoms with van der Waals surface area (Å²) in [4.78, 5) is 19.8. The molecule has 3 aromatic rings. The van der Waals surface area contributed by atoms with Crippen LogP contribution in [-0.2, 0) is 11.4 Å². The predicted molar refractivity (Wildman–Crippen MR) is 152 cm³/mol. The van der Waals surface area contributed by atoms with Gasteiger partial charge in [0.1, 0.15) is 12.4 Å². The zero-order chi connectivity index (χ0) is 25.7. The van der Waals surface area contributed by atoms with Crippen molar-refractivity contribution in [3.05, 3.63) is 91.6 Å². The Morgan fingerprint density at radius 2 is 1.86 bits per heavy atom. The lowest BCUT2D eigenvalue weighted by atomic mass is 10.1. The molecule has 0 atom stereocenters. The van der Waals surface area contributed by atoms with Crippen molar-refractivity contribution in [2.75, 3.05) is 13.2 Å². The predicted octanol–water partition coefficient (Wildman–Crippen LogP) is 7.34. The topological polar surface area (TPSA) is 51.1 Å². The normalized spacial score (nSPS) is 15.7. The molecule has 3 aromatic carbocycles. The van der Waals surface area contributed by atoms with Gasteiger partial charge in [0.25, 0.3) is 5.91 Å². The third-order valence-corrected chi connectivity index (χ3v) is 7.16. The molecule has 0 bridgehead atoms. The van der Waals surface area contributed by atoms with Crippen molar-refractivity contribution in [2.45, 2.75) is 27.4 Å². The second-order valence-corrected chi connectivity index (χ2v) is 10.2. The molecule has 0 aliphatic carbocycles. The maximum atomic E-state index is 13.3. The maximum Gasteiger partial charge on any atom is 0.266 e. The van der Waals surface area contributed by atoms with E-state index in [9.17, 15) is 9.18 Å². The van der Waals surface area contributed by atoms with Crippen LogP contribution in [0.4, 0.5) is 10.1 Å². The van der Waals surface area contributed by atoms with Crippen LogP contribution in [0.5, 0.6) is 11.5 Å². The van der Waals surface area contributed by atoms with Crippen molar-refractivity contribution in [1.29, 1.82) is 0 Å². The average Bonchev–Trinajstić information content (AvgIpc) is 3.13. The summed E-state index contributed by atoms with van der Waals surface area (Å²) < 4.78 is 26.2. The number of halogens is 2. The van der Waals surface area contributed by atoms with E-state index in [1.807, 2.05) is 44.2 Å². The number of thioether (sulfide) groups is 1. The lowest BCUT2D eigenvalue weighted by Crippen LogP contribution is -2.28. The van der Waals surface area contributed by atoms with Crippen LogP contribution < -0.4 is 9.47 Å². The lowest BCUT2D eigenvalue weighted by Gasteiger charge is -2.15. The summed E-state index contributed by atoms with van der Waals surface area (Å²) in [5, 5.41) is 0.568. The molecule has 0 unspecified atom stereocenters. The summed E-state index contributed by atoms with van der Waals surface area (Å²) in [7, 11) is 0. The van der Waals surface area contributed by atoms with Crippen molar-refractivity contribution < 1.29 is 18.7 Å². The number of benzene rings is 3. The fraction of sp³-hybridized carbons (Fsp3) is 0.214. The van der Waals surface area contributed by atoms with Crippen LogP contribution in [0.2, 0.25) is 0 Å². The zero-order valence-electron chi connectivity index (χ0n) is 20.3. The Morgan fingerprint density at radius 1 is 1.08 bits per heavy atom. The monoisotopic (exact) mass is 616 g/mol. The van der Waals surface area contributed by atoms with Gasteiger partial charge in [-0.2, -0.15) is 0 Å². The number of amides is 1. The first-order valence-corrected chi connectivity index (χ1v) is 13.5. The molecule has 0 saturated carbocycles. The standard InChI is InChI=1S/C28H26FIN2O3S/c1-4-32-27(33)25(36-28(32)31-22-11-9-21(29)10-12-22)16-20-14-23(30)26(24(15-20)34-5-2)35-17-19-8-6-7-18(3)13-19/h6-16H,4-5,17H2,1-3H3/b25-16+,31-28?. The highest BCUT2D eigenvalue weighted by Gasteiger charge is 2.32. The molecule has 0 aromatic heterocycles. The molecule has 186 valence electrons. The number of hydrogen-bond donors (Lipinski definition) is 0. The van der Waals surface area contributed by atoms with Crippen LogP contribution in [0.15, 0.2) is 70.6 Å². The van der Waals surface area contributed by atoms with Gasteiger partial charge in [0.15, 0.2) is 16.7 Å². The number of aryl methyl sites for hydroxylation is 1. The zero-order valence-corrected chi connectivity index (χ0v) is 23.2. The fourth-order valence-electron chi connectivity index (χ4n) is 3.68. The van der Waals surface area contributed by atoms with E-state index in [4.69, 9.17) is 9.47 Å². The summed E-state index contributed by atoms with van der Waals surface area (Å²) >= 11 is 3.54. The molecular weight excluding hydrogens is 590 g/mol. The highest BCUT2D eigenvalue weighted by atomic mass is 127. The first kappa shape index (κ1) is 26.2. The summed E-state index contributed by atoms with van der Waals surface area (Å²) in [5.74, 6) is 0.872. The largest absolute Gasteiger partial charge is 0.490 e. The van der Waals surface area contributed by atoms with E-state index < -0.39 is 0 Å². The van der Waals surface area contributed by atoms with E-state index in [2.05, 4.69) is 46.6 Å². The van der Waals surface area contributed by atoms with E-state index in [1.165, 1.54) is 29.5 Å². The van der Waals surface area contributed by atoms with E-state index in [0.29, 0.717) is 47.0 Å². The maximum absolute atomic E-state index is 13.3. The Bertz CT molecular complexity index is 1320. The number of hydrogen-bond acceptors (Lipinski definition) is 5. The minimum atomic E-state index is -0.326. The molecule has 1 amide bonds. The highest BCUT2D eigenvalue weighted by molar-refractivity contribution is 14.1. The first-order chi connectivity index (χ1) is 17.4. The van der Waals surface area contributed by atoms with Gasteiger partial charge in [-0.15, -0.1) is 0 Å². The minimum Gasteiger partial charge on any atom is -0.490 e. The fourth-order valence-corrected chi connectivity index (χ4v) is 5.52. The van der Waals surface area contributed by atoms with Crippen LogP contribution in [0, 0.1) is 16.3 Å². The van der Waals surface area contributed by atoms with Crippen molar-refractivity contribution >= 4 is 57.2 Å². The quantitative estimate of drug-likeness (QED) is 0.196. The number of ether oxygens (including phenoxy) is 2. The Hall–Kier alpha value is -2.85. The second-order valence-electron chi connectivity index (χ2n) is 8.07. The van der Waals surface area contributed by atoms with Crippen LogP contribution in [0.3, 0.4) is 0 Å². The molecule has 1 aliphatic rings. The molecule has 8 heteroatoms. The van der Waals surface area contributed by atoms with Gasteiger partial charge in [0.05, 0.1) is 20.8 Å². The van der Waals surface area contributed by atoms with E-state index in [1.54, 1.807) is 17.0 Å². The number of aliphatic imine (C=N–C) groups is 1. The van der Waals surface area contributed by atoms with Gasteiger partial charge >= 0.3 is 0 Å². The molecule has 1 fully saturated rings. The van der Waals surface area contributed by atoms with Gasteiger partial charge in [0, 0.05) is 6.54 Å². The van der Waals surface area contributed by atoms with E-state index in [0.717, 1.165) is 14.7 Å². The summed E-state index contributed by atoms with van der Waals surface area (Å²) in [5.41, 5.74) is 3.69. The smallest absolute Gasteiger partial charge is 0.266 e. The molecule has 0 radical (unpaired) electrons. The Morgan fingerprint density at radius 3 is 2.56 bits per heavy atom. The van der Waals surface area contributed by atoms with Gasteiger partial charge < -0.3 is 9.47 Å². The van der Waals surface area contributed by atoms with Gasteiger partial charge in [-0.25, -0.2) is 9.38 Å². The third kappa shape index (κ3) is 6.28. The average molecular weight is 616 g/mol. The van der Waals surface area contributed by atoms with Crippen LogP contribution >= 0.6 is 34.4 Å². The van der Waals surface area contributed by atoms with Crippen LogP contribution in [-0.4, -0.2) is 29.1 Å². The highest BCUT2D eigenvalue weighted by Crippen LogP contribution is 2.38. The molecule has 0 N–H and O–H groups in total. The SMILES string of the molecule is CCOc1cc(/C=C2/SC(=Nc3ccc(F)cc3)N(CC)C2=O)cc(I)c1OCc1cccc(C)c1. The van der Waals surface area contributed by atoms with Crippen molar-refractivity contribution in [3.8, 4) is 11.5 Å². The van der Waals surface area contributed by atoms with Crippen LogP contribution in [0.1, 0.15) is 30.5 Å². The van der Waals surface area contributed by atoms with Crippen molar-refractivity contribution in [2.24, 2.45) is 4.99 Å². The number of rotatable bonds is 8. The van der Waals surface area contributed by atoms with Gasteiger partial charge in [0.2, 0.25) is 0 Å². The molecule has 0 spiro atoms. The number of carbonyl (C=O) groups is 1. The van der Waals surface area contributed by atoms with Crippen molar-refractivity contribution in [1.82, 2.24) is 4.90 Å². The molecule has 1 aliphatic heterocycles. The van der Waals surface area contributed by atoms with Gasteiger partial charge in [-0.1, -0.05) is 29.8 Å². The van der Waals surface area contributed by atoms with Crippen molar-refractivity contribution in [3.63, 3.8) is 0 Å². The van der Waals surface area contributed by atoms with Gasteiger partial charge in [-0.3, -0.25) is 9.69 Å². The second kappa shape index (κ2) is 11.9. The number of likely N-dealkylation sites (N-methyl/N-ethyl adjacent to an activating group) is 1. The summed E-state index contributed by atoms with van der Waals surface area (Å²) in [6.45, 7) is 7.29. The number of carbonyl (C=O) groups excluding carboxylic acids is 1. The molecule has 4 rings (SSSR count). The molecule has 1 heterocycles. The lowest BCUT2D eigenvalue weighted by molar-refractivity contribution is -0.122. The Balaban J connectivity index is 1.61. The third-order valence-electron chi connectivity index (χ3n) is 5.35. The Kier molecular flexibility index (Phi) is 8.68. The number of nitrogens with zero attached hydrogens (tertiary/aromatic N) is 2. The summed E-state index contributed by atoms with van der Waals surface area (Å²) in [6, 6.07) is 18.0. The number of amidine groups is 1. The minimum absolute atomic E-state index is 0.115. The van der Waals surface area contributed by atoms with E-state index in [-0.39, 0.29) is 11.7 Å². The molecule has 5 nitrogen and oxygen atoms in total. The van der Waals surface area contributed by atoms with Crippen LogP contribution in [0.25, 0.3) is 6.08 Å². The Labute approximate surface area is 228 Å². The van der Waals surface area contributed by atoms with Gasteiger partial charge in [-0.05, 0) is 109 Å². The summed E-state index contributed by atoms with van der Waals surface area (Å²) in [6.07, 6.45) is 1.85. The molecule has 1 saturated heterocycles. The molecular formula is C28H26FIN2O3S. The van der Waals surface area contributed by atoms with E-state index >= 15 is 0 Å². The first-order valence-electron chi connectivity index (χ1n) is 11.6. The molecule has 36 heavy (non-hydrogen) atoms.